The largest absolute Gasteiger partial charge is 0.340 e. The van der Waals surface area contributed by atoms with E-state index in [1.54, 1.807) is 6.07 Å². The Kier molecular flexibility index (Phi) is 5.71. The summed E-state index contributed by atoms with van der Waals surface area (Å²) in [5.74, 6) is -0.763. The summed E-state index contributed by atoms with van der Waals surface area (Å²) in [4.78, 5) is 23.9. The van der Waals surface area contributed by atoms with Crippen molar-refractivity contribution in [3.8, 4) is 0 Å². The number of halogens is 1. The number of hydrogen-bond donors (Lipinski definition) is 0. The van der Waals surface area contributed by atoms with Gasteiger partial charge in [0, 0.05) is 32.2 Å². The van der Waals surface area contributed by atoms with Crippen LogP contribution in [-0.2, 0) is 21.2 Å². The zero-order valence-electron chi connectivity index (χ0n) is 14.8. The molecule has 0 saturated carbocycles. The molecule has 0 spiro atoms. The highest BCUT2D eigenvalue weighted by Crippen LogP contribution is 2.27. The first-order chi connectivity index (χ1) is 13.3. The van der Waals surface area contributed by atoms with Crippen LogP contribution >= 0.6 is 0 Å². The molecule has 0 N–H and O–H groups in total. The monoisotopic (exact) mass is 407 g/mol. The third-order valence-electron chi connectivity index (χ3n) is 4.57. The van der Waals surface area contributed by atoms with E-state index in [1.165, 1.54) is 41.3 Å². The van der Waals surface area contributed by atoms with E-state index in [4.69, 9.17) is 0 Å². The van der Waals surface area contributed by atoms with Crippen LogP contribution in [0.25, 0.3) is 0 Å². The molecule has 3 rings (SSSR count). The molecule has 148 valence electrons. The van der Waals surface area contributed by atoms with Gasteiger partial charge in [0.1, 0.15) is 5.82 Å². The van der Waals surface area contributed by atoms with Crippen molar-refractivity contribution in [2.45, 2.75) is 11.3 Å². The molecule has 0 aliphatic carbocycles. The first-order valence-corrected chi connectivity index (χ1v) is 9.99. The molecule has 1 heterocycles. The van der Waals surface area contributed by atoms with Crippen molar-refractivity contribution in [3.63, 3.8) is 0 Å². The van der Waals surface area contributed by atoms with E-state index >= 15 is 0 Å². The summed E-state index contributed by atoms with van der Waals surface area (Å²) in [6.45, 7) is 0.287. The van der Waals surface area contributed by atoms with Crippen LogP contribution < -0.4 is 0 Å². The minimum Gasteiger partial charge on any atom is -0.340 e. The molecule has 0 unspecified atom stereocenters. The number of carbonyl (C=O) groups is 1. The van der Waals surface area contributed by atoms with E-state index in [0.29, 0.717) is 0 Å². The number of benzene rings is 2. The van der Waals surface area contributed by atoms with Gasteiger partial charge in [0.15, 0.2) is 4.90 Å². The Morgan fingerprint density at radius 2 is 1.64 bits per heavy atom. The Morgan fingerprint density at radius 1 is 1.04 bits per heavy atom. The maximum Gasteiger partial charge on any atom is 0.289 e. The molecular weight excluding hydrogens is 389 g/mol. The predicted molar refractivity (Wildman–Crippen MR) is 98.5 cm³/mol. The van der Waals surface area contributed by atoms with Gasteiger partial charge in [-0.3, -0.25) is 14.9 Å². The smallest absolute Gasteiger partial charge is 0.289 e. The molecule has 1 aliphatic heterocycles. The van der Waals surface area contributed by atoms with E-state index in [-0.39, 0.29) is 49.0 Å². The van der Waals surface area contributed by atoms with Gasteiger partial charge in [0.25, 0.3) is 5.69 Å². The number of piperazine rings is 1. The van der Waals surface area contributed by atoms with Gasteiger partial charge in [-0.05, 0) is 17.7 Å². The number of nitro benzene ring substituents is 1. The summed E-state index contributed by atoms with van der Waals surface area (Å²) < 4.78 is 40.4. The SMILES string of the molecule is O=C(Cc1ccccc1F)N1CCN(S(=O)(=O)c2ccccc2[N+](=O)[O-])CC1. The van der Waals surface area contributed by atoms with E-state index in [9.17, 15) is 27.7 Å². The second kappa shape index (κ2) is 8.03. The van der Waals surface area contributed by atoms with Gasteiger partial charge in [-0.25, -0.2) is 12.8 Å². The summed E-state index contributed by atoms with van der Waals surface area (Å²) in [5.41, 5.74) is -0.206. The standard InChI is InChI=1S/C18H18FN3O5S/c19-15-6-2-1-5-14(15)13-18(23)20-9-11-21(12-10-20)28(26,27)17-8-4-3-7-16(17)22(24)25/h1-8H,9-13H2. The highest BCUT2D eigenvalue weighted by molar-refractivity contribution is 7.89. The molecular formula is C18H18FN3O5S. The quantitative estimate of drug-likeness (QED) is 0.556. The van der Waals surface area contributed by atoms with Gasteiger partial charge < -0.3 is 4.90 Å². The molecule has 1 fully saturated rings. The fourth-order valence-electron chi connectivity index (χ4n) is 3.06. The second-order valence-corrected chi connectivity index (χ2v) is 8.18. The highest BCUT2D eigenvalue weighted by atomic mass is 32.2. The van der Waals surface area contributed by atoms with Crippen molar-refractivity contribution < 1.29 is 22.5 Å². The van der Waals surface area contributed by atoms with Crippen molar-refractivity contribution in [2.24, 2.45) is 0 Å². The molecule has 8 nitrogen and oxygen atoms in total. The van der Waals surface area contributed by atoms with Crippen LogP contribution in [0.3, 0.4) is 0 Å². The van der Waals surface area contributed by atoms with E-state index in [0.717, 1.165) is 10.4 Å². The van der Waals surface area contributed by atoms with E-state index in [2.05, 4.69) is 0 Å². The van der Waals surface area contributed by atoms with Crippen LogP contribution in [0.1, 0.15) is 5.56 Å². The molecule has 10 heteroatoms. The molecule has 0 bridgehead atoms. The lowest BCUT2D eigenvalue weighted by molar-refractivity contribution is -0.387. The highest BCUT2D eigenvalue weighted by Gasteiger charge is 2.34. The molecule has 1 amide bonds. The molecule has 0 aromatic heterocycles. The number of hydrogen-bond acceptors (Lipinski definition) is 5. The number of nitrogens with zero attached hydrogens (tertiary/aromatic N) is 3. The summed E-state index contributed by atoms with van der Waals surface area (Å²) >= 11 is 0. The third-order valence-corrected chi connectivity index (χ3v) is 6.52. The van der Waals surface area contributed by atoms with Gasteiger partial charge in [0.2, 0.25) is 15.9 Å². The predicted octanol–water partition coefficient (Wildman–Crippen LogP) is 1.81. The van der Waals surface area contributed by atoms with E-state index < -0.39 is 26.5 Å². The molecule has 2 aromatic rings. The maximum absolute atomic E-state index is 13.7. The van der Waals surface area contributed by atoms with Crippen LogP contribution in [0.5, 0.6) is 0 Å². The number of rotatable bonds is 5. The Balaban J connectivity index is 1.69. The van der Waals surface area contributed by atoms with Crippen LogP contribution in [-0.4, -0.2) is 54.6 Å². The Morgan fingerprint density at radius 3 is 2.29 bits per heavy atom. The number of para-hydroxylation sites is 1. The normalized spacial score (nSPS) is 15.4. The number of sulfonamides is 1. The summed E-state index contributed by atoms with van der Waals surface area (Å²) in [6, 6.07) is 11.1. The lowest BCUT2D eigenvalue weighted by atomic mass is 10.1. The number of amides is 1. The van der Waals surface area contributed by atoms with Crippen molar-refractivity contribution in [1.82, 2.24) is 9.21 Å². The minimum absolute atomic E-state index is 0.0113. The molecule has 0 atom stereocenters. The second-order valence-electron chi connectivity index (χ2n) is 6.28. The summed E-state index contributed by atoms with van der Waals surface area (Å²) in [5, 5.41) is 11.1. The van der Waals surface area contributed by atoms with Gasteiger partial charge in [-0.2, -0.15) is 4.31 Å². The average Bonchev–Trinajstić information content (AvgIpc) is 2.69. The number of nitro groups is 1. The fourth-order valence-corrected chi connectivity index (χ4v) is 4.64. The van der Waals surface area contributed by atoms with Gasteiger partial charge in [-0.15, -0.1) is 0 Å². The molecule has 28 heavy (non-hydrogen) atoms. The maximum atomic E-state index is 13.7. The lowest BCUT2D eigenvalue weighted by Crippen LogP contribution is -2.50. The number of carbonyl (C=O) groups excluding carboxylic acids is 1. The molecule has 0 radical (unpaired) electrons. The zero-order chi connectivity index (χ0) is 20.3. The van der Waals surface area contributed by atoms with Gasteiger partial charge >= 0.3 is 0 Å². The molecule has 2 aromatic carbocycles. The van der Waals surface area contributed by atoms with Crippen molar-refractivity contribution in [3.05, 3.63) is 70.0 Å². The minimum atomic E-state index is -4.06. The molecule has 1 saturated heterocycles. The van der Waals surface area contributed by atoms with Crippen LogP contribution in [0.15, 0.2) is 53.4 Å². The van der Waals surface area contributed by atoms with Gasteiger partial charge in [-0.1, -0.05) is 30.3 Å². The Labute approximate surface area is 161 Å². The van der Waals surface area contributed by atoms with E-state index in [1.807, 2.05) is 0 Å². The summed E-state index contributed by atoms with van der Waals surface area (Å²) in [7, 11) is -4.06. The molecule has 1 aliphatic rings. The Bertz CT molecular complexity index is 1000. The third kappa shape index (κ3) is 4.02. The summed E-state index contributed by atoms with van der Waals surface area (Å²) in [6.07, 6.45) is -0.108. The first-order valence-electron chi connectivity index (χ1n) is 8.55. The van der Waals surface area contributed by atoms with Crippen molar-refractivity contribution in [1.29, 1.82) is 0 Å². The topological polar surface area (TPSA) is 101 Å². The Hall–Kier alpha value is -2.85. The van der Waals surface area contributed by atoms with Crippen molar-refractivity contribution >= 4 is 21.6 Å². The van der Waals surface area contributed by atoms with Crippen molar-refractivity contribution in [2.75, 3.05) is 26.2 Å². The zero-order valence-corrected chi connectivity index (χ0v) is 15.6. The van der Waals surface area contributed by atoms with Crippen LogP contribution in [0, 0.1) is 15.9 Å². The van der Waals surface area contributed by atoms with Gasteiger partial charge in [0.05, 0.1) is 11.3 Å². The lowest BCUT2D eigenvalue weighted by Gasteiger charge is -2.34. The van der Waals surface area contributed by atoms with Crippen LogP contribution in [0.2, 0.25) is 0 Å². The first kappa shape index (κ1) is 19.9. The van der Waals surface area contributed by atoms with Crippen LogP contribution in [0.4, 0.5) is 10.1 Å². The fraction of sp³-hybridized carbons (Fsp3) is 0.278. The average molecular weight is 407 g/mol.